The lowest BCUT2D eigenvalue weighted by Gasteiger charge is -2.23. The topological polar surface area (TPSA) is 32.3 Å². The fourth-order valence-electron chi connectivity index (χ4n) is 2.04. The highest BCUT2D eigenvalue weighted by Gasteiger charge is 2.18. The molecule has 114 valence electrons. The van der Waals surface area contributed by atoms with Gasteiger partial charge in [0.15, 0.2) is 0 Å². The van der Waals surface area contributed by atoms with Crippen molar-refractivity contribution >= 4 is 28.6 Å². The van der Waals surface area contributed by atoms with Crippen molar-refractivity contribution in [3.63, 3.8) is 0 Å². The predicted octanol–water partition coefficient (Wildman–Crippen LogP) is 3.30. The molecule has 0 bridgehead atoms. The Labute approximate surface area is 134 Å². The van der Waals surface area contributed by atoms with E-state index in [4.69, 9.17) is 0 Å². The number of carbonyl (C=O) groups is 1. The van der Waals surface area contributed by atoms with Crippen molar-refractivity contribution in [2.45, 2.75) is 32.9 Å². The monoisotopic (exact) mass is 322 g/mol. The number of amides is 1. The lowest BCUT2D eigenvalue weighted by atomic mass is 10.2. The molecule has 1 unspecified atom stereocenters. The van der Waals surface area contributed by atoms with Crippen molar-refractivity contribution in [1.29, 1.82) is 0 Å². The van der Waals surface area contributed by atoms with E-state index in [2.05, 4.69) is 40.0 Å². The minimum atomic E-state index is -0.116. The molecule has 21 heavy (non-hydrogen) atoms. The average molecular weight is 322 g/mol. The summed E-state index contributed by atoms with van der Waals surface area (Å²) in [6.07, 6.45) is 0.907. The highest BCUT2D eigenvalue weighted by atomic mass is 32.1. The van der Waals surface area contributed by atoms with Gasteiger partial charge in [-0.1, -0.05) is 6.07 Å². The lowest BCUT2D eigenvalue weighted by Crippen LogP contribution is -2.43. The van der Waals surface area contributed by atoms with Gasteiger partial charge in [0.1, 0.15) is 0 Å². The maximum absolute atomic E-state index is 12.2. The van der Waals surface area contributed by atoms with E-state index in [1.54, 1.807) is 22.7 Å². The van der Waals surface area contributed by atoms with Crippen molar-refractivity contribution < 1.29 is 4.79 Å². The number of hydrogen-bond acceptors (Lipinski definition) is 4. The van der Waals surface area contributed by atoms with Crippen LogP contribution in [0.15, 0.2) is 29.0 Å². The first-order valence-corrected chi connectivity index (χ1v) is 8.87. The number of hydrogen-bond donors (Lipinski definition) is 1. The lowest BCUT2D eigenvalue weighted by molar-refractivity contribution is -0.125. The minimum Gasteiger partial charge on any atom is -0.354 e. The van der Waals surface area contributed by atoms with Gasteiger partial charge in [0.05, 0.1) is 6.04 Å². The maximum Gasteiger partial charge on any atom is 0.237 e. The van der Waals surface area contributed by atoms with E-state index in [0.29, 0.717) is 6.54 Å². The van der Waals surface area contributed by atoms with E-state index in [1.165, 1.54) is 15.3 Å². The summed E-state index contributed by atoms with van der Waals surface area (Å²) in [5.74, 6) is 0.100. The third-order valence-electron chi connectivity index (χ3n) is 3.65. The minimum absolute atomic E-state index is 0.100. The zero-order valence-electron chi connectivity index (χ0n) is 12.8. The van der Waals surface area contributed by atoms with E-state index in [0.717, 1.165) is 13.0 Å². The molecule has 2 rings (SSSR count). The number of likely N-dealkylation sites (N-methyl/N-ethyl adjacent to an activating group) is 1. The number of nitrogens with one attached hydrogen (secondary N) is 1. The molecule has 1 amide bonds. The summed E-state index contributed by atoms with van der Waals surface area (Å²) in [6.45, 7) is 5.60. The Morgan fingerprint density at radius 3 is 2.76 bits per heavy atom. The van der Waals surface area contributed by atoms with Crippen LogP contribution < -0.4 is 5.32 Å². The van der Waals surface area contributed by atoms with Crippen LogP contribution in [0.4, 0.5) is 0 Å². The number of nitrogens with zero attached hydrogens (tertiary/aromatic N) is 1. The Kier molecular flexibility index (Phi) is 5.96. The van der Waals surface area contributed by atoms with E-state index in [-0.39, 0.29) is 11.9 Å². The van der Waals surface area contributed by atoms with Crippen LogP contribution in [0.1, 0.15) is 22.2 Å². The standard InChI is InChI=1S/C16H22N2OS2/c1-12-7-10-21-15(12)11-18(3)13(2)16(19)17-8-6-14-5-4-9-20-14/h4-5,7,9-10,13H,6,8,11H2,1-3H3,(H,17,19). The van der Waals surface area contributed by atoms with Crippen LogP contribution in [0.25, 0.3) is 0 Å². The van der Waals surface area contributed by atoms with E-state index >= 15 is 0 Å². The van der Waals surface area contributed by atoms with Crippen LogP contribution in [-0.4, -0.2) is 30.4 Å². The van der Waals surface area contributed by atoms with E-state index in [9.17, 15) is 4.79 Å². The molecule has 0 aliphatic rings. The molecule has 0 aliphatic carbocycles. The molecular formula is C16H22N2OS2. The van der Waals surface area contributed by atoms with Crippen LogP contribution in [-0.2, 0) is 17.8 Å². The first-order chi connectivity index (χ1) is 10.1. The fourth-order valence-corrected chi connectivity index (χ4v) is 3.72. The number of thiophene rings is 2. The Morgan fingerprint density at radius 1 is 1.33 bits per heavy atom. The second kappa shape index (κ2) is 7.73. The summed E-state index contributed by atoms with van der Waals surface area (Å²) in [7, 11) is 2.00. The van der Waals surface area contributed by atoms with Gasteiger partial charge < -0.3 is 5.32 Å². The number of aryl methyl sites for hydroxylation is 1. The summed E-state index contributed by atoms with van der Waals surface area (Å²) in [6, 6.07) is 6.16. The Morgan fingerprint density at radius 2 is 2.14 bits per heavy atom. The third kappa shape index (κ3) is 4.66. The summed E-state index contributed by atoms with van der Waals surface area (Å²) >= 11 is 3.48. The summed E-state index contributed by atoms with van der Waals surface area (Å²) in [5.41, 5.74) is 1.30. The molecule has 0 spiro atoms. The molecule has 0 radical (unpaired) electrons. The van der Waals surface area contributed by atoms with Gasteiger partial charge in [-0.25, -0.2) is 0 Å². The molecular weight excluding hydrogens is 300 g/mol. The number of rotatable bonds is 7. The molecule has 0 saturated carbocycles. The largest absolute Gasteiger partial charge is 0.354 e. The van der Waals surface area contributed by atoms with Gasteiger partial charge in [0.2, 0.25) is 5.91 Å². The Bertz CT molecular complexity index is 563. The second-order valence-corrected chi connectivity index (χ2v) is 7.27. The van der Waals surface area contributed by atoms with Gasteiger partial charge in [-0.05, 0) is 55.8 Å². The summed E-state index contributed by atoms with van der Waals surface area (Å²) < 4.78 is 0. The van der Waals surface area contributed by atoms with Crippen LogP contribution >= 0.6 is 22.7 Å². The molecule has 0 aliphatic heterocycles. The molecule has 0 aromatic carbocycles. The van der Waals surface area contributed by atoms with Crippen LogP contribution in [0, 0.1) is 6.92 Å². The average Bonchev–Trinajstić information content (AvgIpc) is 3.10. The van der Waals surface area contributed by atoms with Gasteiger partial charge in [-0.15, -0.1) is 22.7 Å². The zero-order valence-corrected chi connectivity index (χ0v) is 14.4. The highest BCUT2D eigenvalue weighted by molar-refractivity contribution is 7.10. The van der Waals surface area contributed by atoms with Crippen LogP contribution in [0.5, 0.6) is 0 Å². The fraction of sp³-hybridized carbons (Fsp3) is 0.438. The zero-order chi connectivity index (χ0) is 15.2. The van der Waals surface area contributed by atoms with E-state index < -0.39 is 0 Å². The van der Waals surface area contributed by atoms with Gasteiger partial charge in [-0.2, -0.15) is 0 Å². The summed E-state index contributed by atoms with van der Waals surface area (Å²) in [4.78, 5) is 16.9. The molecule has 2 aromatic rings. The number of carbonyl (C=O) groups excluding carboxylic acids is 1. The van der Waals surface area contributed by atoms with Crippen molar-refractivity contribution in [3.8, 4) is 0 Å². The quantitative estimate of drug-likeness (QED) is 0.848. The van der Waals surface area contributed by atoms with Gasteiger partial charge in [0.25, 0.3) is 0 Å². The Hall–Kier alpha value is -1.17. The van der Waals surface area contributed by atoms with Crippen molar-refractivity contribution in [2.24, 2.45) is 0 Å². The highest BCUT2D eigenvalue weighted by Crippen LogP contribution is 2.18. The first kappa shape index (κ1) is 16.2. The molecule has 5 heteroatoms. The third-order valence-corrected chi connectivity index (χ3v) is 5.60. The van der Waals surface area contributed by atoms with Crippen LogP contribution in [0.3, 0.4) is 0 Å². The molecule has 2 aromatic heterocycles. The molecule has 0 saturated heterocycles. The predicted molar refractivity (Wildman–Crippen MR) is 91.0 cm³/mol. The van der Waals surface area contributed by atoms with Gasteiger partial charge >= 0.3 is 0 Å². The van der Waals surface area contributed by atoms with Crippen molar-refractivity contribution in [2.75, 3.05) is 13.6 Å². The Balaban J connectivity index is 1.77. The van der Waals surface area contributed by atoms with Crippen LogP contribution in [0.2, 0.25) is 0 Å². The molecule has 1 N–H and O–H groups in total. The molecule has 1 atom stereocenters. The van der Waals surface area contributed by atoms with Gasteiger partial charge in [0, 0.05) is 22.8 Å². The normalized spacial score (nSPS) is 12.6. The molecule has 2 heterocycles. The van der Waals surface area contributed by atoms with Crippen molar-refractivity contribution in [1.82, 2.24) is 10.2 Å². The molecule has 3 nitrogen and oxygen atoms in total. The second-order valence-electron chi connectivity index (χ2n) is 5.24. The molecule has 0 fully saturated rings. The SMILES string of the molecule is Cc1ccsc1CN(C)C(C)C(=O)NCCc1cccs1. The van der Waals surface area contributed by atoms with E-state index in [1.807, 2.05) is 20.0 Å². The van der Waals surface area contributed by atoms with Gasteiger partial charge in [-0.3, -0.25) is 9.69 Å². The summed E-state index contributed by atoms with van der Waals surface area (Å²) in [5, 5.41) is 7.19. The maximum atomic E-state index is 12.2. The first-order valence-electron chi connectivity index (χ1n) is 7.11. The smallest absolute Gasteiger partial charge is 0.237 e. The van der Waals surface area contributed by atoms with Crippen molar-refractivity contribution in [3.05, 3.63) is 44.3 Å².